The van der Waals surface area contributed by atoms with Gasteiger partial charge in [0.1, 0.15) is 0 Å². The molecule has 2 nitrogen and oxygen atoms in total. The summed E-state index contributed by atoms with van der Waals surface area (Å²) >= 11 is -2.53. The molecule has 1 aliphatic heterocycles. The maximum absolute atomic E-state index is 13.5. The first-order chi connectivity index (χ1) is 14.1. The molecule has 0 unspecified atom stereocenters. The van der Waals surface area contributed by atoms with Crippen LogP contribution in [0.15, 0.2) is 43.0 Å². The maximum atomic E-state index is 13.5. The van der Waals surface area contributed by atoms with Crippen molar-refractivity contribution in [1.82, 2.24) is 4.90 Å². The average molecular weight is 504 g/mol. The molecule has 1 aliphatic rings. The van der Waals surface area contributed by atoms with E-state index in [1.54, 1.807) is 0 Å². The number of likely N-dealkylation sites (tertiary alicyclic amines) is 1. The number of rotatable bonds is 14. The van der Waals surface area contributed by atoms with E-state index in [0.29, 0.717) is 9.96 Å². The molecule has 0 aliphatic carbocycles. The van der Waals surface area contributed by atoms with Crippen LogP contribution in [0.2, 0.25) is 13.3 Å². The standard InChI is InChI=1S/C14H16NO.3C4H9.Sn/c1-2-6-13-9-10-15(14(13)16)11-12-7-4-3-5-8-12;3*1-3-4-2;/h2-5,7-8,10,13H,1,6,9,11H2;3*1,3-4H2,2H3;/t13-;;;;/m0..../s1. The van der Waals surface area contributed by atoms with Crippen LogP contribution in [0.3, 0.4) is 0 Å². The fraction of sp³-hybridized carbons (Fsp3) is 0.654. The number of benzene rings is 1. The number of unbranched alkanes of at least 4 members (excludes halogenated alkanes) is 3. The van der Waals surface area contributed by atoms with Crippen molar-refractivity contribution in [3.8, 4) is 0 Å². The molecule has 1 saturated heterocycles. The quantitative estimate of drug-likeness (QED) is 0.191. The van der Waals surface area contributed by atoms with Crippen LogP contribution in [0.4, 0.5) is 0 Å². The van der Waals surface area contributed by atoms with Crippen LogP contribution in [0.5, 0.6) is 0 Å². The molecule has 1 aromatic carbocycles. The van der Waals surface area contributed by atoms with E-state index in [9.17, 15) is 4.79 Å². The minimum atomic E-state index is -2.53. The van der Waals surface area contributed by atoms with Crippen LogP contribution < -0.4 is 0 Å². The van der Waals surface area contributed by atoms with Gasteiger partial charge < -0.3 is 0 Å². The molecule has 1 aromatic rings. The first kappa shape index (κ1) is 24.5. The van der Waals surface area contributed by atoms with Crippen molar-refractivity contribution < 1.29 is 4.79 Å². The van der Waals surface area contributed by atoms with Crippen molar-refractivity contribution in [2.45, 2.75) is 96.1 Å². The van der Waals surface area contributed by atoms with Gasteiger partial charge in [-0.2, -0.15) is 0 Å². The van der Waals surface area contributed by atoms with Crippen molar-refractivity contribution in [3.05, 3.63) is 48.6 Å². The number of hydrogen-bond donors (Lipinski definition) is 0. The van der Waals surface area contributed by atoms with Gasteiger partial charge in [0.2, 0.25) is 0 Å². The molecule has 0 bridgehead atoms. The van der Waals surface area contributed by atoms with E-state index in [2.05, 4.69) is 62.6 Å². The Morgan fingerprint density at radius 1 is 1.00 bits per heavy atom. The van der Waals surface area contributed by atoms with Crippen molar-refractivity contribution in [3.63, 3.8) is 0 Å². The second-order valence-electron chi connectivity index (χ2n) is 9.10. The molecule has 1 fully saturated rings. The Hall–Kier alpha value is -0.771. The van der Waals surface area contributed by atoms with Crippen LogP contribution in [0.25, 0.3) is 0 Å². The molecule has 2 atom stereocenters. The third-order valence-corrected chi connectivity index (χ3v) is 24.1. The fourth-order valence-electron chi connectivity index (χ4n) is 5.29. The normalized spacial score (nSPS) is 19.7. The SMILES string of the molecule is C=CC[C@H]1C[C@H]([Sn]([CH2]CCC)([CH2]CCC)[CH2]CCC)N(Cc2ccccc2)C1=O. The summed E-state index contributed by atoms with van der Waals surface area (Å²) in [5.41, 5.74) is 1.28. The Labute approximate surface area is 184 Å². The van der Waals surface area contributed by atoms with Gasteiger partial charge in [-0.25, -0.2) is 0 Å². The Morgan fingerprint density at radius 3 is 2.03 bits per heavy atom. The third-order valence-electron chi connectivity index (χ3n) is 6.95. The van der Waals surface area contributed by atoms with E-state index in [1.807, 2.05) is 6.08 Å². The summed E-state index contributed by atoms with van der Waals surface area (Å²) in [6.07, 6.45) is 11.8. The number of amides is 1. The Balaban J connectivity index is 2.39. The number of allylic oxidation sites excluding steroid dienone is 1. The van der Waals surface area contributed by atoms with E-state index < -0.39 is 18.4 Å². The van der Waals surface area contributed by atoms with Crippen LogP contribution in [-0.4, -0.2) is 33.2 Å². The summed E-state index contributed by atoms with van der Waals surface area (Å²) in [6, 6.07) is 10.7. The molecule has 3 heteroatoms. The fourth-order valence-corrected chi connectivity index (χ4v) is 24.1. The molecule has 29 heavy (non-hydrogen) atoms. The van der Waals surface area contributed by atoms with Gasteiger partial charge in [0, 0.05) is 0 Å². The number of hydrogen-bond acceptors (Lipinski definition) is 1. The number of nitrogens with zero attached hydrogens (tertiary/aromatic N) is 1. The van der Waals surface area contributed by atoms with Crippen molar-refractivity contribution in [2.75, 3.05) is 0 Å². The second kappa shape index (κ2) is 12.8. The van der Waals surface area contributed by atoms with E-state index in [0.717, 1.165) is 19.4 Å². The molecule has 1 amide bonds. The molecule has 0 N–H and O–H groups in total. The van der Waals surface area contributed by atoms with Crippen LogP contribution in [0.1, 0.15) is 77.7 Å². The zero-order valence-electron chi connectivity index (χ0n) is 19.2. The second-order valence-corrected chi connectivity index (χ2v) is 23.1. The summed E-state index contributed by atoms with van der Waals surface area (Å²) in [4.78, 5) is 15.9. The van der Waals surface area contributed by atoms with Crippen molar-refractivity contribution >= 4 is 24.3 Å². The van der Waals surface area contributed by atoms with Gasteiger partial charge in [-0.3, -0.25) is 0 Å². The summed E-state index contributed by atoms with van der Waals surface area (Å²) in [7, 11) is 0. The Morgan fingerprint density at radius 2 is 1.55 bits per heavy atom. The molecule has 0 aromatic heterocycles. The Bertz CT molecular complexity index is 593. The van der Waals surface area contributed by atoms with Crippen LogP contribution in [-0.2, 0) is 11.3 Å². The molecular formula is C26H43NOSn. The van der Waals surface area contributed by atoms with Crippen molar-refractivity contribution in [2.24, 2.45) is 5.92 Å². The molecule has 2 rings (SSSR count). The zero-order chi connectivity index (χ0) is 21.1. The third kappa shape index (κ3) is 6.60. The van der Waals surface area contributed by atoms with E-state index in [-0.39, 0.29) is 5.92 Å². The Kier molecular flexibility index (Phi) is 10.8. The first-order valence-electron chi connectivity index (χ1n) is 12.1. The van der Waals surface area contributed by atoms with Crippen molar-refractivity contribution in [1.29, 1.82) is 0 Å². The summed E-state index contributed by atoms with van der Waals surface area (Å²) in [5, 5.41) is 0. The summed E-state index contributed by atoms with van der Waals surface area (Å²) in [5.74, 6) is 0.575. The molecule has 0 radical (unpaired) electrons. The van der Waals surface area contributed by atoms with Gasteiger partial charge >= 0.3 is 184 Å². The molecular weight excluding hydrogens is 461 g/mol. The molecule has 0 spiro atoms. The predicted molar refractivity (Wildman–Crippen MR) is 129 cm³/mol. The predicted octanol–water partition coefficient (Wildman–Crippen LogP) is 7.37. The zero-order valence-corrected chi connectivity index (χ0v) is 22.0. The van der Waals surface area contributed by atoms with Gasteiger partial charge in [0.05, 0.1) is 0 Å². The van der Waals surface area contributed by atoms with Gasteiger partial charge in [-0.05, 0) is 0 Å². The summed E-state index contributed by atoms with van der Waals surface area (Å²) in [6.45, 7) is 11.8. The topological polar surface area (TPSA) is 20.3 Å². The monoisotopic (exact) mass is 505 g/mol. The number of carbonyl (C=O) groups is 1. The van der Waals surface area contributed by atoms with Crippen LogP contribution in [0, 0.1) is 5.92 Å². The van der Waals surface area contributed by atoms with Gasteiger partial charge in [0.25, 0.3) is 0 Å². The molecule has 1 heterocycles. The van der Waals surface area contributed by atoms with E-state index >= 15 is 0 Å². The van der Waals surface area contributed by atoms with E-state index in [4.69, 9.17) is 0 Å². The van der Waals surface area contributed by atoms with E-state index in [1.165, 1.54) is 57.4 Å². The number of carbonyl (C=O) groups excluding carboxylic acids is 1. The van der Waals surface area contributed by atoms with Gasteiger partial charge in [0.15, 0.2) is 0 Å². The molecule has 162 valence electrons. The van der Waals surface area contributed by atoms with Crippen LogP contribution >= 0.6 is 0 Å². The van der Waals surface area contributed by atoms with Gasteiger partial charge in [-0.1, -0.05) is 0 Å². The van der Waals surface area contributed by atoms with Gasteiger partial charge in [-0.15, -0.1) is 0 Å². The molecule has 0 saturated carbocycles. The average Bonchev–Trinajstić information content (AvgIpc) is 3.05. The first-order valence-corrected chi connectivity index (χ1v) is 19.8. The minimum absolute atomic E-state index is 0.169. The summed E-state index contributed by atoms with van der Waals surface area (Å²) < 4.78 is 4.98.